The molecule has 1 fully saturated rings. The molecule has 0 spiro atoms. The molecular weight excluding hydrogens is 330 g/mol. The minimum atomic E-state index is -0.112. The number of hydrogen-bond donors (Lipinski definition) is 1. The average molecular weight is 357 g/mol. The van der Waals surface area contributed by atoms with Crippen LogP contribution in [0.4, 0.5) is 10.7 Å². The zero-order valence-electron chi connectivity index (χ0n) is 15.7. The summed E-state index contributed by atoms with van der Waals surface area (Å²) < 4.78 is 1.96. The van der Waals surface area contributed by atoms with Crippen LogP contribution in [0.25, 0.3) is 0 Å². The Labute approximate surface area is 154 Å². The van der Waals surface area contributed by atoms with E-state index in [0.29, 0.717) is 6.54 Å². The van der Waals surface area contributed by atoms with Crippen molar-refractivity contribution in [2.45, 2.75) is 26.3 Å². The summed E-state index contributed by atoms with van der Waals surface area (Å²) >= 11 is 0. The van der Waals surface area contributed by atoms with E-state index in [9.17, 15) is 4.79 Å². The second kappa shape index (κ2) is 8.16. The molecule has 1 unspecified atom stereocenters. The Kier molecular flexibility index (Phi) is 5.70. The molecule has 8 heteroatoms. The number of carbonyl (C=O) groups is 1. The van der Waals surface area contributed by atoms with Crippen molar-refractivity contribution in [3.8, 4) is 0 Å². The second-order valence-electron chi connectivity index (χ2n) is 6.94. The molecule has 1 saturated heterocycles. The fraction of sp³-hybridized carbons (Fsp3) is 0.556. The summed E-state index contributed by atoms with van der Waals surface area (Å²) in [4.78, 5) is 29.9. The van der Waals surface area contributed by atoms with E-state index in [1.54, 1.807) is 18.6 Å². The van der Waals surface area contributed by atoms with E-state index in [1.165, 1.54) is 0 Å². The van der Waals surface area contributed by atoms with Gasteiger partial charge in [0.05, 0.1) is 6.04 Å². The van der Waals surface area contributed by atoms with Gasteiger partial charge in [-0.05, 0) is 18.4 Å². The molecule has 0 aliphatic carbocycles. The first-order valence-electron chi connectivity index (χ1n) is 9.11. The van der Waals surface area contributed by atoms with Crippen LogP contribution < -0.4 is 10.2 Å². The molecule has 0 radical (unpaired) electrons. The molecule has 1 atom stereocenters. The summed E-state index contributed by atoms with van der Waals surface area (Å²) in [5.74, 6) is 1.85. The van der Waals surface area contributed by atoms with E-state index in [-0.39, 0.29) is 18.0 Å². The van der Waals surface area contributed by atoms with E-state index < -0.39 is 0 Å². The second-order valence-corrected chi connectivity index (χ2v) is 6.94. The van der Waals surface area contributed by atoms with Crippen LogP contribution in [0, 0.1) is 5.92 Å². The van der Waals surface area contributed by atoms with E-state index in [2.05, 4.69) is 39.0 Å². The number of aryl methyl sites for hydroxylation is 1. The molecule has 1 aliphatic heterocycles. The predicted octanol–water partition coefficient (Wildman–Crippen LogP) is 1.83. The quantitative estimate of drug-likeness (QED) is 0.903. The van der Waals surface area contributed by atoms with Gasteiger partial charge in [-0.3, -0.25) is 0 Å². The maximum Gasteiger partial charge on any atom is 0.318 e. The summed E-state index contributed by atoms with van der Waals surface area (Å²) in [6.45, 7) is 7.13. The molecule has 26 heavy (non-hydrogen) atoms. The molecule has 3 heterocycles. The smallest absolute Gasteiger partial charge is 0.318 e. The van der Waals surface area contributed by atoms with E-state index >= 15 is 0 Å². The molecule has 1 aliphatic rings. The van der Waals surface area contributed by atoms with Gasteiger partial charge in [0.1, 0.15) is 5.82 Å². The minimum absolute atomic E-state index is 0.0393. The predicted molar refractivity (Wildman–Crippen MR) is 99.8 cm³/mol. The Morgan fingerprint density at radius 3 is 2.50 bits per heavy atom. The normalized spacial score (nSPS) is 16.5. The van der Waals surface area contributed by atoms with Crippen molar-refractivity contribution in [3.05, 3.63) is 36.7 Å². The highest BCUT2D eigenvalue weighted by molar-refractivity contribution is 5.74. The van der Waals surface area contributed by atoms with Gasteiger partial charge in [-0.1, -0.05) is 13.8 Å². The van der Waals surface area contributed by atoms with Crippen molar-refractivity contribution >= 4 is 12.0 Å². The number of aromatic nitrogens is 4. The molecule has 0 aromatic carbocycles. The SMILES string of the molecule is CC(C)C(NC(=O)N1CCCN(c2ncccn2)CC1)c1nccn1C. The average Bonchev–Trinajstić information content (AvgIpc) is 2.91. The molecule has 140 valence electrons. The Balaban J connectivity index is 1.63. The lowest BCUT2D eigenvalue weighted by Gasteiger charge is -2.27. The third-order valence-electron chi connectivity index (χ3n) is 4.70. The molecule has 8 nitrogen and oxygen atoms in total. The topological polar surface area (TPSA) is 79.2 Å². The fourth-order valence-electron chi connectivity index (χ4n) is 3.21. The highest BCUT2D eigenvalue weighted by atomic mass is 16.2. The van der Waals surface area contributed by atoms with Gasteiger partial charge in [0.25, 0.3) is 0 Å². The standard InChI is InChI=1S/C18H27N7O/c1-14(2)15(16-19-8-11-23(16)3)22-18(26)25-10-5-9-24(12-13-25)17-20-6-4-7-21-17/h4,6-8,11,14-15H,5,9-10,12-13H2,1-3H3,(H,22,26). The molecule has 0 bridgehead atoms. The van der Waals surface area contributed by atoms with Crippen LogP contribution in [0.1, 0.15) is 32.1 Å². The molecule has 0 saturated carbocycles. The van der Waals surface area contributed by atoms with Crippen LogP contribution in [0.3, 0.4) is 0 Å². The number of anilines is 1. The van der Waals surface area contributed by atoms with Crippen molar-refractivity contribution in [2.75, 3.05) is 31.1 Å². The lowest BCUT2D eigenvalue weighted by atomic mass is 10.0. The van der Waals surface area contributed by atoms with Crippen LogP contribution in [-0.4, -0.2) is 56.6 Å². The van der Waals surface area contributed by atoms with Gasteiger partial charge in [-0.25, -0.2) is 19.7 Å². The van der Waals surface area contributed by atoms with E-state index in [0.717, 1.165) is 37.8 Å². The molecule has 3 rings (SSSR count). The van der Waals surface area contributed by atoms with Crippen LogP contribution in [0.15, 0.2) is 30.9 Å². The van der Waals surface area contributed by atoms with Crippen molar-refractivity contribution < 1.29 is 4.79 Å². The summed E-state index contributed by atoms with van der Waals surface area (Å²) in [6, 6.07) is 1.66. The maximum atomic E-state index is 12.8. The third kappa shape index (κ3) is 4.12. The first-order chi connectivity index (χ1) is 12.6. The van der Waals surface area contributed by atoms with Gasteiger partial charge in [-0.15, -0.1) is 0 Å². The van der Waals surface area contributed by atoms with Crippen molar-refractivity contribution in [2.24, 2.45) is 13.0 Å². The Hall–Kier alpha value is -2.64. The number of rotatable bonds is 4. The van der Waals surface area contributed by atoms with Crippen LogP contribution >= 0.6 is 0 Å². The first kappa shape index (κ1) is 18.2. The van der Waals surface area contributed by atoms with Gasteiger partial charge < -0.3 is 19.7 Å². The zero-order chi connectivity index (χ0) is 18.5. The third-order valence-corrected chi connectivity index (χ3v) is 4.70. The number of imidazole rings is 1. The number of nitrogens with one attached hydrogen (secondary N) is 1. The summed E-state index contributed by atoms with van der Waals surface area (Å²) in [6.07, 6.45) is 8.05. The summed E-state index contributed by atoms with van der Waals surface area (Å²) in [5.41, 5.74) is 0. The Morgan fingerprint density at radius 1 is 1.08 bits per heavy atom. The summed E-state index contributed by atoms with van der Waals surface area (Å²) in [5, 5.41) is 3.17. The highest BCUT2D eigenvalue weighted by Gasteiger charge is 2.26. The minimum Gasteiger partial charge on any atom is -0.339 e. The first-order valence-corrected chi connectivity index (χ1v) is 9.11. The van der Waals surface area contributed by atoms with Gasteiger partial charge in [0.15, 0.2) is 0 Å². The van der Waals surface area contributed by atoms with Crippen LogP contribution in [0.5, 0.6) is 0 Å². The van der Waals surface area contributed by atoms with Crippen LogP contribution in [0.2, 0.25) is 0 Å². The maximum absolute atomic E-state index is 12.8. The molecule has 2 aromatic heterocycles. The fourth-order valence-corrected chi connectivity index (χ4v) is 3.21. The molecule has 1 N–H and O–H groups in total. The number of carbonyl (C=O) groups excluding carboxylic acids is 1. The monoisotopic (exact) mass is 357 g/mol. The van der Waals surface area contributed by atoms with Crippen molar-refractivity contribution in [3.63, 3.8) is 0 Å². The van der Waals surface area contributed by atoms with E-state index in [4.69, 9.17) is 0 Å². The lowest BCUT2D eigenvalue weighted by molar-refractivity contribution is 0.192. The zero-order valence-corrected chi connectivity index (χ0v) is 15.7. The molecule has 2 aromatic rings. The molecule has 2 amide bonds. The van der Waals surface area contributed by atoms with E-state index in [1.807, 2.05) is 28.8 Å². The van der Waals surface area contributed by atoms with Crippen LogP contribution in [-0.2, 0) is 7.05 Å². The number of nitrogens with zero attached hydrogens (tertiary/aromatic N) is 6. The van der Waals surface area contributed by atoms with Crippen molar-refractivity contribution in [1.82, 2.24) is 29.7 Å². The Bertz CT molecular complexity index is 715. The summed E-state index contributed by atoms with van der Waals surface area (Å²) in [7, 11) is 1.95. The van der Waals surface area contributed by atoms with Gasteiger partial charge >= 0.3 is 6.03 Å². The van der Waals surface area contributed by atoms with Gasteiger partial charge in [0, 0.05) is 58.0 Å². The van der Waals surface area contributed by atoms with Crippen molar-refractivity contribution in [1.29, 1.82) is 0 Å². The number of urea groups is 1. The number of hydrogen-bond acceptors (Lipinski definition) is 5. The largest absolute Gasteiger partial charge is 0.339 e. The van der Waals surface area contributed by atoms with Gasteiger partial charge in [-0.2, -0.15) is 0 Å². The Morgan fingerprint density at radius 2 is 1.85 bits per heavy atom. The molecular formula is C18H27N7O. The number of amides is 2. The highest BCUT2D eigenvalue weighted by Crippen LogP contribution is 2.20. The lowest BCUT2D eigenvalue weighted by Crippen LogP contribution is -2.45. The van der Waals surface area contributed by atoms with Gasteiger partial charge in [0.2, 0.25) is 5.95 Å².